The fraction of sp³-hybridized carbons (Fsp3) is 0.317. The summed E-state index contributed by atoms with van der Waals surface area (Å²) >= 11 is 0. The third-order valence-electron chi connectivity index (χ3n) is 9.04. The van der Waals surface area contributed by atoms with Crippen LogP contribution < -0.4 is 9.47 Å². The Kier molecular flexibility index (Phi) is 12.2. The van der Waals surface area contributed by atoms with Gasteiger partial charge in [0.25, 0.3) is 0 Å². The number of amides is 2. The minimum absolute atomic E-state index is 0.126. The monoisotopic (exact) mass is 673 g/mol. The molecule has 0 saturated heterocycles. The summed E-state index contributed by atoms with van der Waals surface area (Å²) in [6.45, 7) is 5.26. The van der Waals surface area contributed by atoms with E-state index in [1.54, 1.807) is 9.80 Å². The van der Waals surface area contributed by atoms with Gasteiger partial charge in [-0.3, -0.25) is 14.4 Å². The maximum atomic E-state index is 14.3. The van der Waals surface area contributed by atoms with Crippen LogP contribution in [0.2, 0.25) is 0 Å². The van der Waals surface area contributed by atoms with Crippen molar-refractivity contribution in [1.82, 2.24) is 9.80 Å². The molecule has 0 aromatic heterocycles. The minimum Gasteiger partial charge on any atom is -0.481 e. The van der Waals surface area contributed by atoms with Gasteiger partial charge in [0.05, 0.1) is 23.8 Å². The minimum atomic E-state index is -1.16. The van der Waals surface area contributed by atoms with E-state index in [1.807, 2.05) is 123 Å². The highest BCUT2D eigenvalue weighted by Crippen LogP contribution is 2.50. The van der Waals surface area contributed by atoms with Gasteiger partial charge in [-0.25, -0.2) is 0 Å². The molecule has 50 heavy (non-hydrogen) atoms. The van der Waals surface area contributed by atoms with Crippen LogP contribution in [-0.2, 0) is 27.5 Å². The summed E-state index contributed by atoms with van der Waals surface area (Å²) < 4.78 is 11.8. The van der Waals surface area contributed by atoms with Gasteiger partial charge < -0.3 is 24.4 Å². The lowest BCUT2D eigenvalue weighted by Crippen LogP contribution is -2.62. The van der Waals surface area contributed by atoms with Crippen LogP contribution in [0.5, 0.6) is 23.0 Å². The molecule has 4 aromatic carbocycles. The molecule has 1 N–H and O–H groups in total. The smallest absolute Gasteiger partial charge is 0.307 e. The molecular weight excluding hydrogens is 630 g/mol. The first-order valence-electron chi connectivity index (χ1n) is 17.1. The van der Waals surface area contributed by atoms with Gasteiger partial charge in [-0.05, 0) is 78.4 Å². The van der Waals surface area contributed by atoms with Crippen LogP contribution in [0.25, 0.3) is 0 Å². The molecule has 0 heterocycles. The normalized spacial score (nSPS) is 17.9. The fourth-order valence-corrected chi connectivity index (χ4v) is 6.69. The van der Waals surface area contributed by atoms with Crippen LogP contribution in [0.1, 0.15) is 44.2 Å². The molecule has 4 atom stereocenters. The van der Waals surface area contributed by atoms with Crippen molar-refractivity contribution in [2.75, 3.05) is 13.1 Å². The quantitative estimate of drug-likeness (QED) is 0.128. The molecule has 0 bridgehead atoms. The van der Waals surface area contributed by atoms with Crippen molar-refractivity contribution in [3.05, 3.63) is 120 Å². The molecule has 0 spiro atoms. The number of rotatable bonds is 16. The predicted octanol–water partition coefficient (Wildman–Crippen LogP) is 7.93. The van der Waals surface area contributed by atoms with Crippen molar-refractivity contribution in [1.29, 1.82) is 5.26 Å². The lowest BCUT2D eigenvalue weighted by atomic mass is 9.54. The third kappa shape index (κ3) is 8.69. The molecule has 9 nitrogen and oxygen atoms in total. The van der Waals surface area contributed by atoms with E-state index in [1.165, 1.54) is 0 Å². The second-order valence-electron chi connectivity index (χ2n) is 12.6. The summed E-state index contributed by atoms with van der Waals surface area (Å²) in [5, 5.41) is 19.9. The number of hydrogen-bond acceptors (Lipinski definition) is 6. The van der Waals surface area contributed by atoms with Gasteiger partial charge in [0.2, 0.25) is 11.8 Å². The topological polar surface area (TPSA) is 120 Å². The molecule has 0 unspecified atom stereocenters. The Labute approximate surface area is 293 Å². The predicted molar refractivity (Wildman–Crippen MR) is 189 cm³/mol. The van der Waals surface area contributed by atoms with Crippen molar-refractivity contribution in [2.24, 2.45) is 23.7 Å². The molecule has 4 aromatic rings. The van der Waals surface area contributed by atoms with Crippen LogP contribution in [-0.4, -0.2) is 45.8 Å². The molecular formula is C41H43N3O6. The number of nitriles is 1. The Hall–Kier alpha value is -5.62. The van der Waals surface area contributed by atoms with Crippen molar-refractivity contribution < 1.29 is 29.0 Å². The van der Waals surface area contributed by atoms with E-state index in [9.17, 15) is 24.8 Å². The fourth-order valence-electron chi connectivity index (χ4n) is 6.69. The van der Waals surface area contributed by atoms with Gasteiger partial charge >= 0.3 is 5.97 Å². The Morgan fingerprint density at radius 3 is 1.40 bits per heavy atom. The maximum absolute atomic E-state index is 14.3. The zero-order valence-electron chi connectivity index (χ0n) is 28.5. The van der Waals surface area contributed by atoms with Gasteiger partial charge in [-0.1, -0.05) is 74.5 Å². The Balaban J connectivity index is 1.34. The number of nitrogens with zero attached hydrogens (tertiary/aromatic N) is 3. The summed E-state index contributed by atoms with van der Waals surface area (Å²) in [6, 6.07) is 35.8. The number of para-hydroxylation sites is 2. The number of carboxylic acids is 1. The molecule has 2 amide bonds. The van der Waals surface area contributed by atoms with E-state index in [0.717, 1.165) is 11.1 Å². The molecule has 0 aliphatic heterocycles. The second kappa shape index (κ2) is 17.2. The molecule has 258 valence electrons. The van der Waals surface area contributed by atoms with Crippen molar-refractivity contribution in [3.8, 4) is 29.1 Å². The third-order valence-corrected chi connectivity index (χ3v) is 9.04. The number of carboxylic acid groups (broad SMARTS) is 1. The van der Waals surface area contributed by atoms with Crippen molar-refractivity contribution >= 4 is 17.8 Å². The van der Waals surface area contributed by atoms with Crippen LogP contribution in [0.3, 0.4) is 0 Å². The highest BCUT2D eigenvalue weighted by Gasteiger charge is 2.61. The van der Waals surface area contributed by atoms with Gasteiger partial charge in [0, 0.05) is 32.6 Å². The van der Waals surface area contributed by atoms with Gasteiger partial charge in [0.15, 0.2) is 0 Å². The van der Waals surface area contributed by atoms with Crippen LogP contribution in [0.15, 0.2) is 109 Å². The van der Waals surface area contributed by atoms with Gasteiger partial charge in [0.1, 0.15) is 23.0 Å². The lowest BCUT2D eigenvalue weighted by Gasteiger charge is -2.50. The lowest BCUT2D eigenvalue weighted by molar-refractivity contribution is -0.178. The zero-order chi connectivity index (χ0) is 35.5. The molecule has 5 rings (SSSR count). The Morgan fingerprint density at radius 1 is 0.620 bits per heavy atom. The average Bonchev–Trinajstić information content (AvgIpc) is 3.11. The van der Waals surface area contributed by atoms with Crippen LogP contribution >= 0.6 is 0 Å². The van der Waals surface area contributed by atoms with E-state index < -0.39 is 29.6 Å². The summed E-state index contributed by atoms with van der Waals surface area (Å²) in [7, 11) is 0. The standard InChI is InChI=1S/C41H43N3O6/c1-3-25-43(27-29-15-19-33(20-16-29)49-31-11-7-5-8-12-31)39(45)36-35(23-24-42)37(41(47)48)38(36)40(46)44(26-4-2)28-30-17-21-34(22-18-30)50-32-13-9-6-10-14-32/h5-22,35-38H,3-4,23,25-28H2,1-2H3,(H,47,48)/t35-,36+,37+,38-/m0/s1. The molecule has 1 aliphatic carbocycles. The molecule has 1 fully saturated rings. The van der Waals surface area contributed by atoms with E-state index in [-0.39, 0.29) is 31.3 Å². The first kappa shape index (κ1) is 35.7. The number of benzene rings is 4. The summed E-state index contributed by atoms with van der Waals surface area (Å²) in [6.07, 6.45) is 1.19. The molecule has 0 radical (unpaired) electrons. The average molecular weight is 674 g/mol. The van der Waals surface area contributed by atoms with Crippen LogP contribution in [0, 0.1) is 35.0 Å². The SMILES string of the molecule is CCCN(Cc1ccc(Oc2ccccc2)cc1)C(=O)[C@@H]1[C@H](C(=O)O)[C@@H](CC#N)[C@H]1C(=O)N(CCC)Cc1ccc(Oc2ccccc2)cc1. The zero-order valence-corrected chi connectivity index (χ0v) is 28.5. The Bertz CT molecular complexity index is 1760. The number of carbonyl (C=O) groups is 3. The second-order valence-corrected chi connectivity index (χ2v) is 12.6. The summed E-state index contributed by atoms with van der Waals surface area (Å²) in [5.74, 6) is -3.00. The number of carbonyl (C=O) groups excluding carboxylic acids is 2. The van der Waals surface area contributed by atoms with Crippen molar-refractivity contribution in [2.45, 2.75) is 46.2 Å². The highest BCUT2D eigenvalue weighted by atomic mass is 16.5. The van der Waals surface area contributed by atoms with E-state index >= 15 is 0 Å². The summed E-state index contributed by atoms with van der Waals surface area (Å²) in [4.78, 5) is 44.6. The molecule has 1 saturated carbocycles. The molecule has 9 heteroatoms. The van der Waals surface area contributed by atoms with Gasteiger partial charge in [-0.15, -0.1) is 0 Å². The summed E-state index contributed by atoms with van der Waals surface area (Å²) in [5.41, 5.74) is 1.72. The molecule has 1 aliphatic rings. The van der Waals surface area contributed by atoms with E-state index in [4.69, 9.17) is 9.47 Å². The van der Waals surface area contributed by atoms with Gasteiger partial charge in [-0.2, -0.15) is 5.26 Å². The first-order chi connectivity index (χ1) is 24.3. The first-order valence-corrected chi connectivity index (χ1v) is 17.1. The number of aliphatic carboxylic acids is 1. The van der Waals surface area contributed by atoms with Crippen molar-refractivity contribution in [3.63, 3.8) is 0 Å². The highest BCUT2D eigenvalue weighted by molar-refractivity contribution is 5.95. The van der Waals surface area contributed by atoms with E-state index in [0.29, 0.717) is 48.9 Å². The largest absolute Gasteiger partial charge is 0.481 e. The Morgan fingerprint density at radius 2 is 1.02 bits per heavy atom. The van der Waals surface area contributed by atoms with E-state index in [2.05, 4.69) is 6.07 Å². The maximum Gasteiger partial charge on any atom is 0.307 e. The van der Waals surface area contributed by atoms with Crippen LogP contribution in [0.4, 0.5) is 0 Å². The number of hydrogen-bond donors (Lipinski definition) is 1. The number of ether oxygens (including phenoxy) is 2.